The predicted molar refractivity (Wildman–Crippen MR) is 90.3 cm³/mol. The van der Waals surface area contributed by atoms with Crippen molar-refractivity contribution in [2.24, 2.45) is 4.99 Å². The first kappa shape index (κ1) is 17.8. The maximum absolute atomic E-state index is 12.9. The fourth-order valence-corrected chi connectivity index (χ4v) is 3.38. The molecule has 2 aromatic rings. The van der Waals surface area contributed by atoms with E-state index < -0.39 is 11.9 Å². The molecule has 1 fully saturated rings. The maximum atomic E-state index is 12.9. The van der Waals surface area contributed by atoms with E-state index in [1.807, 2.05) is 0 Å². The summed E-state index contributed by atoms with van der Waals surface area (Å²) in [5.74, 6) is 0.361. The molecule has 0 radical (unpaired) electrons. The zero-order valence-electron chi connectivity index (χ0n) is 14.4. The molecule has 2 aliphatic rings. The van der Waals surface area contributed by atoms with Crippen LogP contribution in [0.25, 0.3) is 0 Å². The van der Waals surface area contributed by atoms with E-state index >= 15 is 0 Å². The van der Waals surface area contributed by atoms with Crippen LogP contribution < -0.4 is 0 Å². The van der Waals surface area contributed by atoms with E-state index in [2.05, 4.69) is 15.1 Å². The van der Waals surface area contributed by atoms with Gasteiger partial charge in [-0.1, -0.05) is 6.07 Å². The molecule has 0 amide bonds. The average molecular weight is 378 g/mol. The molecule has 142 valence electrons. The van der Waals surface area contributed by atoms with E-state index in [0.29, 0.717) is 30.3 Å². The summed E-state index contributed by atoms with van der Waals surface area (Å²) in [5.41, 5.74) is 0.239. The van der Waals surface area contributed by atoms with Crippen LogP contribution in [0, 0.1) is 0 Å². The van der Waals surface area contributed by atoms with Crippen molar-refractivity contribution in [1.82, 2.24) is 14.8 Å². The van der Waals surface area contributed by atoms with Crippen LogP contribution >= 0.6 is 0 Å². The minimum Gasteiger partial charge on any atom is -0.381 e. The quantitative estimate of drug-likeness (QED) is 0.819. The minimum absolute atomic E-state index is 0.0599. The smallest absolute Gasteiger partial charge is 0.381 e. The van der Waals surface area contributed by atoms with Crippen molar-refractivity contribution in [3.8, 4) is 0 Å². The van der Waals surface area contributed by atoms with E-state index in [4.69, 9.17) is 4.74 Å². The highest BCUT2D eigenvalue weighted by Gasteiger charge is 2.33. The first-order valence-electron chi connectivity index (χ1n) is 8.70. The van der Waals surface area contributed by atoms with Gasteiger partial charge in [-0.2, -0.15) is 18.3 Å². The number of rotatable bonds is 3. The van der Waals surface area contributed by atoms with E-state index in [0.717, 1.165) is 18.9 Å². The minimum atomic E-state index is -4.50. The summed E-state index contributed by atoms with van der Waals surface area (Å²) >= 11 is 0. The summed E-state index contributed by atoms with van der Waals surface area (Å²) in [4.78, 5) is 20.7. The number of ketones is 1. The summed E-state index contributed by atoms with van der Waals surface area (Å²) in [6, 6.07) is 3.85. The fourth-order valence-electron chi connectivity index (χ4n) is 3.38. The van der Waals surface area contributed by atoms with E-state index in [1.54, 1.807) is 4.68 Å². The van der Waals surface area contributed by atoms with Crippen LogP contribution in [0.4, 0.5) is 19.0 Å². The van der Waals surface area contributed by atoms with Crippen LogP contribution in [0.2, 0.25) is 0 Å². The molecule has 2 aromatic heterocycles. The Bertz CT molecular complexity index is 898. The zero-order chi connectivity index (χ0) is 19.0. The summed E-state index contributed by atoms with van der Waals surface area (Å²) in [5, 5.41) is 4.33. The van der Waals surface area contributed by atoms with Crippen molar-refractivity contribution in [2.75, 3.05) is 13.2 Å². The second-order valence-corrected chi connectivity index (χ2v) is 6.64. The van der Waals surface area contributed by atoms with Gasteiger partial charge in [-0.15, -0.1) is 0 Å². The number of hydrogen-bond donors (Lipinski definition) is 0. The van der Waals surface area contributed by atoms with Gasteiger partial charge in [0.05, 0.1) is 24.2 Å². The molecule has 4 heterocycles. The Labute approximate surface area is 153 Å². The van der Waals surface area contributed by atoms with Crippen molar-refractivity contribution in [3.63, 3.8) is 0 Å². The van der Waals surface area contributed by atoms with Gasteiger partial charge in [0.15, 0.2) is 11.6 Å². The number of fused-ring (bicyclic) bond motifs is 1. The molecule has 0 saturated carbocycles. The Balaban J connectivity index is 1.62. The van der Waals surface area contributed by atoms with Gasteiger partial charge in [-0.25, -0.2) is 14.7 Å². The maximum Gasteiger partial charge on any atom is 0.433 e. The first-order chi connectivity index (χ1) is 12.9. The Hall–Kier alpha value is -2.55. The number of aromatic nitrogens is 3. The van der Waals surface area contributed by atoms with Crippen LogP contribution in [0.5, 0.6) is 0 Å². The number of halogens is 3. The van der Waals surface area contributed by atoms with Gasteiger partial charge in [0.25, 0.3) is 0 Å². The van der Waals surface area contributed by atoms with E-state index in [-0.39, 0.29) is 30.4 Å². The lowest BCUT2D eigenvalue weighted by atomic mass is 10.0. The number of nitrogens with zero attached hydrogens (tertiary/aromatic N) is 4. The standard InChI is InChI=1S/C18H17F3N4O2/c19-18(20,21)16-3-1-2-11(23-16)8-12-9-15(26)14-10-22-25(17(14)24-12)13-4-6-27-7-5-13/h1-3,10,13H,4-9H2. The summed E-state index contributed by atoms with van der Waals surface area (Å²) in [6.07, 6.45) is -1.27. The van der Waals surface area contributed by atoms with Gasteiger partial charge in [-0.05, 0) is 25.0 Å². The van der Waals surface area contributed by atoms with Gasteiger partial charge >= 0.3 is 6.18 Å². The van der Waals surface area contributed by atoms with Gasteiger partial charge < -0.3 is 4.74 Å². The third-order valence-electron chi connectivity index (χ3n) is 4.72. The van der Waals surface area contributed by atoms with E-state index in [1.165, 1.54) is 18.3 Å². The van der Waals surface area contributed by atoms with Crippen LogP contribution in [0.3, 0.4) is 0 Å². The molecular weight excluding hydrogens is 361 g/mol. The second-order valence-electron chi connectivity index (χ2n) is 6.64. The molecular formula is C18H17F3N4O2. The SMILES string of the molecule is O=C1CC(Cc2cccc(C(F)(F)F)n2)=Nc2c1cnn2C1CCOCC1. The largest absolute Gasteiger partial charge is 0.433 e. The second kappa shape index (κ2) is 6.88. The van der Waals surface area contributed by atoms with Crippen LogP contribution in [-0.2, 0) is 17.3 Å². The number of hydrogen-bond acceptors (Lipinski definition) is 5. The number of carbonyl (C=O) groups is 1. The zero-order valence-corrected chi connectivity index (χ0v) is 14.4. The number of aliphatic imine (C=N–C) groups is 1. The first-order valence-corrected chi connectivity index (χ1v) is 8.70. The lowest BCUT2D eigenvalue weighted by molar-refractivity contribution is -0.141. The molecule has 4 rings (SSSR count). The molecule has 1 saturated heterocycles. The predicted octanol–water partition coefficient (Wildman–Crippen LogP) is 3.55. The Morgan fingerprint density at radius 3 is 2.74 bits per heavy atom. The van der Waals surface area contributed by atoms with Crippen molar-refractivity contribution in [2.45, 2.75) is 37.9 Å². The van der Waals surface area contributed by atoms with Crippen LogP contribution in [-0.4, -0.2) is 39.5 Å². The van der Waals surface area contributed by atoms with Crippen LogP contribution in [0.15, 0.2) is 29.4 Å². The highest BCUT2D eigenvalue weighted by atomic mass is 19.4. The number of ether oxygens (including phenoxy) is 1. The summed E-state index contributed by atoms with van der Waals surface area (Å²) in [7, 11) is 0. The highest BCUT2D eigenvalue weighted by Crippen LogP contribution is 2.33. The lowest BCUT2D eigenvalue weighted by Gasteiger charge is -2.24. The lowest BCUT2D eigenvalue weighted by Crippen LogP contribution is -2.22. The fraction of sp³-hybridized carbons (Fsp3) is 0.444. The topological polar surface area (TPSA) is 69.4 Å². The molecule has 0 aromatic carbocycles. The van der Waals surface area contributed by atoms with Crippen molar-refractivity contribution >= 4 is 17.3 Å². The summed E-state index contributed by atoms with van der Waals surface area (Å²) in [6.45, 7) is 1.25. The Morgan fingerprint density at radius 2 is 2.00 bits per heavy atom. The molecule has 0 unspecified atom stereocenters. The highest BCUT2D eigenvalue weighted by molar-refractivity contribution is 6.15. The molecule has 0 aliphatic carbocycles. The number of carbonyl (C=O) groups excluding carboxylic acids is 1. The molecule has 27 heavy (non-hydrogen) atoms. The van der Waals surface area contributed by atoms with Gasteiger partial charge in [-0.3, -0.25) is 4.79 Å². The van der Waals surface area contributed by atoms with Crippen molar-refractivity contribution in [1.29, 1.82) is 0 Å². The van der Waals surface area contributed by atoms with Crippen molar-refractivity contribution < 1.29 is 22.7 Å². The molecule has 2 aliphatic heterocycles. The molecule has 0 spiro atoms. The Kier molecular flexibility index (Phi) is 4.55. The number of alkyl halides is 3. The van der Waals surface area contributed by atoms with Gasteiger partial charge in [0.1, 0.15) is 5.69 Å². The number of Topliss-reactive ketones (excluding diaryl/α,β-unsaturated/α-hetero) is 1. The monoisotopic (exact) mass is 378 g/mol. The summed E-state index contributed by atoms with van der Waals surface area (Å²) < 4.78 is 45.7. The molecule has 0 atom stereocenters. The third-order valence-corrected chi connectivity index (χ3v) is 4.72. The number of pyridine rings is 1. The molecule has 0 bridgehead atoms. The molecule has 6 nitrogen and oxygen atoms in total. The van der Waals surface area contributed by atoms with Crippen LogP contribution in [0.1, 0.15) is 47.1 Å². The molecule has 9 heteroatoms. The van der Waals surface area contributed by atoms with Gasteiger partial charge in [0.2, 0.25) is 0 Å². The normalized spacial score (nSPS) is 18.3. The van der Waals surface area contributed by atoms with E-state index in [9.17, 15) is 18.0 Å². The Morgan fingerprint density at radius 1 is 1.22 bits per heavy atom. The average Bonchev–Trinajstić information content (AvgIpc) is 3.06. The molecule has 0 N–H and O–H groups in total. The third kappa shape index (κ3) is 3.64. The van der Waals surface area contributed by atoms with Gasteiger partial charge in [0, 0.05) is 31.0 Å². The van der Waals surface area contributed by atoms with Crippen molar-refractivity contribution in [3.05, 3.63) is 41.3 Å².